The first kappa shape index (κ1) is 17.0. The van der Waals surface area contributed by atoms with Crippen molar-refractivity contribution in [3.8, 4) is 0 Å². The summed E-state index contributed by atoms with van der Waals surface area (Å²) in [5.74, 6) is -0.551. The smallest absolute Gasteiger partial charge is 0.495 e. The fourth-order valence-corrected chi connectivity index (χ4v) is 2.46. The summed E-state index contributed by atoms with van der Waals surface area (Å²) in [4.78, 5) is 0. The highest BCUT2D eigenvalue weighted by molar-refractivity contribution is 5.72. The summed E-state index contributed by atoms with van der Waals surface area (Å²) in [7, 11) is 0. The van der Waals surface area contributed by atoms with E-state index >= 15 is 0 Å². The second-order valence-corrected chi connectivity index (χ2v) is 4.56. The number of para-hydroxylation sites is 2. The highest BCUT2D eigenvalue weighted by atomic mass is 79.9. The molecule has 2 aromatic rings. The molecular formula is C14H18BrF3N2. The SMILES string of the molecule is CCCC[n+]1c(C(F)(F)F)n(CC)c2ccccc21.[Br-]. The van der Waals surface area contributed by atoms with Crippen molar-refractivity contribution >= 4 is 11.0 Å². The van der Waals surface area contributed by atoms with Crippen molar-refractivity contribution in [2.45, 2.75) is 46.0 Å². The molecule has 2 nitrogen and oxygen atoms in total. The molecule has 0 saturated carbocycles. The summed E-state index contributed by atoms with van der Waals surface area (Å²) in [6.45, 7) is 4.44. The number of aromatic nitrogens is 2. The summed E-state index contributed by atoms with van der Waals surface area (Å²) in [6, 6.07) is 7.06. The quantitative estimate of drug-likeness (QED) is 0.720. The molecule has 112 valence electrons. The second kappa shape index (κ2) is 6.61. The van der Waals surface area contributed by atoms with Crippen LogP contribution in [-0.2, 0) is 19.3 Å². The van der Waals surface area contributed by atoms with Gasteiger partial charge in [0.25, 0.3) is 0 Å². The Morgan fingerprint density at radius 2 is 1.80 bits per heavy atom. The molecule has 0 aliphatic carbocycles. The van der Waals surface area contributed by atoms with Crippen LogP contribution in [0, 0.1) is 0 Å². The largest absolute Gasteiger partial charge is 1.00 e. The van der Waals surface area contributed by atoms with E-state index < -0.39 is 12.0 Å². The minimum Gasteiger partial charge on any atom is -1.00 e. The number of rotatable bonds is 4. The molecule has 0 atom stereocenters. The van der Waals surface area contributed by atoms with E-state index in [4.69, 9.17) is 0 Å². The number of fused-ring (bicyclic) bond motifs is 1. The molecule has 0 unspecified atom stereocenters. The molecule has 0 aliphatic heterocycles. The average Bonchev–Trinajstić information content (AvgIpc) is 2.70. The van der Waals surface area contributed by atoms with Crippen LogP contribution in [0.2, 0.25) is 0 Å². The number of aryl methyl sites for hydroxylation is 2. The van der Waals surface area contributed by atoms with Gasteiger partial charge in [-0.3, -0.25) is 0 Å². The molecular weight excluding hydrogens is 333 g/mol. The van der Waals surface area contributed by atoms with Crippen molar-refractivity contribution in [1.82, 2.24) is 4.57 Å². The molecule has 0 fully saturated rings. The summed E-state index contributed by atoms with van der Waals surface area (Å²) in [6.07, 6.45) is -2.72. The third-order valence-electron chi connectivity index (χ3n) is 3.28. The lowest BCUT2D eigenvalue weighted by molar-refractivity contribution is -0.692. The third kappa shape index (κ3) is 3.00. The van der Waals surface area contributed by atoms with Gasteiger partial charge in [0.2, 0.25) is 0 Å². The topological polar surface area (TPSA) is 8.81 Å². The molecule has 20 heavy (non-hydrogen) atoms. The summed E-state index contributed by atoms with van der Waals surface area (Å²) in [5, 5.41) is 0. The zero-order valence-corrected chi connectivity index (χ0v) is 13.1. The molecule has 1 aromatic heterocycles. The van der Waals surface area contributed by atoms with Gasteiger partial charge < -0.3 is 17.0 Å². The van der Waals surface area contributed by atoms with Gasteiger partial charge in [-0.1, -0.05) is 25.5 Å². The predicted molar refractivity (Wildman–Crippen MR) is 67.7 cm³/mol. The van der Waals surface area contributed by atoms with Crippen LogP contribution in [0.5, 0.6) is 0 Å². The van der Waals surface area contributed by atoms with Gasteiger partial charge in [0.15, 0.2) is 11.0 Å². The first-order chi connectivity index (χ1) is 9.00. The Bertz CT molecular complexity index is 576. The number of nitrogens with zero attached hydrogens (tertiary/aromatic N) is 2. The number of unbranched alkanes of at least 4 members (excludes halogenated alkanes) is 1. The van der Waals surface area contributed by atoms with Gasteiger partial charge in [-0.15, -0.1) is 0 Å². The Kier molecular flexibility index (Phi) is 5.62. The van der Waals surface area contributed by atoms with Crippen molar-refractivity contribution in [2.24, 2.45) is 0 Å². The maximum atomic E-state index is 13.3. The second-order valence-electron chi connectivity index (χ2n) is 4.56. The van der Waals surface area contributed by atoms with E-state index in [1.165, 1.54) is 9.13 Å². The van der Waals surface area contributed by atoms with Crippen LogP contribution in [0.15, 0.2) is 24.3 Å². The Morgan fingerprint density at radius 3 is 2.35 bits per heavy atom. The number of hydrogen-bond donors (Lipinski definition) is 0. The molecule has 0 amide bonds. The van der Waals surface area contributed by atoms with Crippen LogP contribution in [0.25, 0.3) is 11.0 Å². The van der Waals surface area contributed by atoms with E-state index in [1.807, 2.05) is 6.92 Å². The van der Waals surface area contributed by atoms with Gasteiger partial charge in [-0.05, 0) is 25.5 Å². The summed E-state index contributed by atoms with van der Waals surface area (Å²) >= 11 is 0. The predicted octanol–water partition coefficient (Wildman–Crippen LogP) is 0.772. The third-order valence-corrected chi connectivity index (χ3v) is 3.28. The summed E-state index contributed by atoms with van der Waals surface area (Å²) < 4.78 is 42.7. The Morgan fingerprint density at radius 1 is 1.15 bits per heavy atom. The lowest BCUT2D eigenvalue weighted by Crippen LogP contribution is -3.00. The van der Waals surface area contributed by atoms with Gasteiger partial charge in [-0.2, -0.15) is 13.2 Å². The van der Waals surface area contributed by atoms with Crippen molar-refractivity contribution in [2.75, 3.05) is 0 Å². The number of halogens is 4. The molecule has 0 bridgehead atoms. The first-order valence-electron chi connectivity index (χ1n) is 6.59. The summed E-state index contributed by atoms with van der Waals surface area (Å²) in [5.41, 5.74) is 1.30. The van der Waals surface area contributed by atoms with Gasteiger partial charge >= 0.3 is 12.0 Å². The lowest BCUT2D eigenvalue weighted by atomic mass is 10.3. The van der Waals surface area contributed by atoms with Gasteiger partial charge in [0.1, 0.15) is 0 Å². The molecule has 0 saturated heterocycles. The van der Waals surface area contributed by atoms with Gasteiger partial charge in [-0.25, -0.2) is 9.13 Å². The Labute approximate surface area is 127 Å². The number of imidazole rings is 1. The van der Waals surface area contributed by atoms with E-state index in [0.29, 0.717) is 24.1 Å². The number of benzene rings is 1. The first-order valence-corrected chi connectivity index (χ1v) is 6.59. The minimum atomic E-state index is -4.33. The van der Waals surface area contributed by atoms with Crippen molar-refractivity contribution in [3.63, 3.8) is 0 Å². The van der Waals surface area contributed by atoms with Crippen LogP contribution < -0.4 is 21.5 Å². The molecule has 0 radical (unpaired) electrons. The van der Waals surface area contributed by atoms with Crippen molar-refractivity contribution in [3.05, 3.63) is 30.1 Å². The maximum Gasteiger partial charge on any atom is 0.495 e. The minimum absolute atomic E-state index is 0. The van der Waals surface area contributed by atoms with Crippen LogP contribution in [-0.4, -0.2) is 4.57 Å². The van der Waals surface area contributed by atoms with Crippen LogP contribution in [0.3, 0.4) is 0 Å². The fraction of sp³-hybridized carbons (Fsp3) is 0.500. The zero-order valence-electron chi connectivity index (χ0n) is 11.5. The molecule has 2 rings (SSSR count). The molecule has 1 heterocycles. The van der Waals surface area contributed by atoms with Gasteiger partial charge in [0.05, 0.1) is 13.1 Å². The molecule has 0 N–H and O–H groups in total. The lowest BCUT2D eigenvalue weighted by Gasteiger charge is -2.06. The number of alkyl halides is 3. The number of hydrogen-bond acceptors (Lipinski definition) is 0. The zero-order chi connectivity index (χ0) is 14.0. The molecule has 1 aromatic carbocycles. The molecule has 6 heteroatoms. The molecule has 0 spiro atoms. The van der Waals surface area contributed by atoms with Gasteiger partial charge in [0, 0.05) is 0 Å². The van der Waals surface area contributed by atoms with E-state index in [-0.39, 0.29) is 17.0 Å². The van der Waals surface area contributed by atoms with Crippen LogP contribution in [0.4, 0.5) is 13.2 Å². The monoisotopic (exact) mass is 350 g/mol. The van der Waals surface area contributed by atoms with Crippen LogP contribution >= 0.6 is 0 Å². The van der Waals surface area contributed by atoms with E-state index in [0.717, 1.165) is 12.8 Å². The van der Waals surface area contributed by atoms with E-state index in [2.05, 4.69) is 0 Å². The van der Waals surface area contributed by atoms with Crippen molar-refractivity contribution < 1.29 is 34.7 Å². The highest BCUT2D eigenvalue weighted by Gasteiger charge is 2.46. The van der Waals surface area contributed by atoms with Crippen LogP contribution in [0.1, 0.15) is 32.5 Å². The fourth-order valence-electron chi connectivity index (χ4n) is 2.46. The van der Waals surface area contributed by atoms with E-state index in [9.17, 15) is 13.2 Å². The standard InChI is InChI=1S/C14H18F3N2.BrH/c1-3-5-10-19-12-9-7-6-8-11(12)18(4-2)13(19)14(15,16)17;/h6-9H,3-5,10H2,1-2H3;1H/q+1;/p-1. The average molecular weight is 351 g/mol. The normalized spacial score (nSPS) is 11.7. The molecule has 0 aliphatic rings. The van der Waals surface area contributed by atoms with E-state index in [1.54, 1.807) is 31.2 Å². The maximum absolute atomic E-state index is 13.3. The van der Waals surface area contributed by atoms with Crippen molar-refractivity contribution in [1.29, 1.82) is 0 Å². The Hall–Kier alpha value is -1.04. The Balaban J connectivity index is 0.00000200. The highest BCUT2D eigenvalue weighted by Crippen LogP contribution is 2.30.